The average molecular weight is 239 g/mol. The number of ether oxygens (including phenoxy) is 1. The highest BCUT2D eigenvalue weighted by atomic mass is 32.2. The summed E-state index contributed by atoms with van der Waals surface area (Å²) in [5, 5.41) is 0. The highest BCUT2D eigenvalue weighted by Gasteiger charge is 2.02. The van der Waals surface area contributed by atoms with Crippen LogP contribution < -0.4 is 5.73 Å². The zero-order valence-corrected chi connectivity index (χ0v) is 10.5. The van der Waals surface area contributed by atoms with E-state index in [1.54, 1.807) is 11.8 Å². The van der Waals surface area contributed by atoms with Gasteiger partial charge in [0.05, 0.1) is 7.11 Å². The number of hydrogen-bond acceptors (Lipinski definition) is 4. The number of nitrogen functional groups attached to an aromatic ring is 1. The Kier molecular flexibility index (Phi) is 5.19. The lowest BCUT2D eigenvalue weighted by molar-refractivity contribution is -0.140. The van der Waals surface area contributed by atoms with Crippen LogP contribution in [0.5, 0.6) is 0 Å². The maximum Gasteiger partial charge on any atom is 0.305 e. The van der Waals surface area contributed by atoms with E-state index in [-0.39, 0.29) is 5.97 Å². The molecule has 0 spiro atoms. The molecule has 3 nitrogen and oxygen atoms in total. The minimum atomic E-state index is -0.155. The molecule has 0 fully saturated rings. The quantitative estimate of drug-likeness (QED) is 0.371. The predicted molar refractivity (Wildman–Crippen MR) is 67.6 cm³/mol. The third kappa shape index (κ3) is 4.14. The summed E-state index contributed by atoms with van der Waals surface area (Å²) in [6.07, 6.45) is 1.28. The van der Waals surface area contributed by atoms with Crippen LogP contribution in [0.25, 0.3) is 0 Å². The van der Waals surface area contributed by atoms with Crippen LogP contribution in [0.4, 0.5) is 5.69 Å². The average Bonchev–Trinajstić information content (AvgIpc) is 2.26. The van der Waals surface area contributed by atoms with Crippen molar-refractivity contribution in [1.82, 2.24) is 0 Å². The monoisotopic (exact) mass is 239 g/mol. The van der Waals surface area contributed by atoms with Gasteiger partial charge in [-0.1, -0.05) is 6.07 Å². The second kappa shape index (κ2) is 6.43. The van der Waals surface area contributed by atoms with E-state index in [2.05, 4.69) is 4.74 Å². The zero-order chi connectivity index (χ0) is 12.0. The van der Waals surface area contributed by atoms with E-state index in [1.165, 1.54) is 7.11 Å². The summed E-state index contributed by atoms with van der Waals surface area (Å²) in [7, 11) is 1.41. The summed E-state index contributed by atoms with van der Waals surface area (Å²) in [4.78, 5) is 12.0. The van der Waals surface area contributed by atoms with E-state index in [1.807, 2.05) is 25.1 Å². The summed E-state index contributed by atoms with van der Waals surface area (Å²) in [6, 6.07) is 6.02. The molecule has 0 aromatic heterocycles. The SMILES string of the molecule is COC(=O)CCCSc1ccc(C)cc1N. The number of thioether (sulfide) groups is 1. The second-order valence-corrected chi connectivity index (χ2v) is 4.71. The number of hydrogen-bond donors (Lipinski definition) is 1. The van der Waals surface area contributed by atoms with Gasteiger partial charge in [0.2, 0.25) is 0 Å². The number of anilines is 1. The van der Waals surface area contributed by atoms with Crippen LogP contribution in [0, 0.1) is 6.92 Å². The molecule has 2 N–H and O–H groups in total. The highest BCUT2D eigenvalue weighted by molar-refractivity contribution is 7.99. The van der Waals surface area contributed by atoms with Crippen LogP contribution in [-0.2, 0) is 9.53 Å². The zero-order valence-electron chi connectivity index (χ0n) is 9.66. The smallest absolute Gasteiger partial charge is 0.305 e. The number of nitrogens with two attached hydrogens (primary N) is 1. The van der Waals surface area contributed by atoms with Crippen molar-refractivity contribution < 1.29 is 9.53 Å². The molecule has 16 heavy (non-hydrogen) atoms. The molecule has 0 aliphatic rings. The number of aryl methyl sites for hydroxylation is 1. The van der Waals surface area contributed by atoms with Gasteiger partial charge in [0.15, 0.2) is 0 Å². The molecule has 0 aliphatic carbocycles. The maximum atomic E-state index is 10.9. The predicted octanol–water partition coefficient (Wildman–Crippen LogP) is 2.62. The lowest BCUT2D eigenvalue weighted by atomic mass is 10.2. The molecule has 1 rings (SSSR count). The molecule has 1 aromatic rings. The summed E-state index contributed by atoms with van der Waals surface area (Å²) in [5.74, 6) is 0.722. The number of esters is 1. The Hall–Kier alpha value is -1.16. The molecule has 0 saturated heterocycles. The van der Waals surface area contributed by atoms with Crippen molar-refractivity contribution in [2.24, 2.45) is 0 Å². The molecule has 0 heterocycles. The third-order valence-electron chi connectivity index (χ3n) is 2.18. The molecule has 0 saturated carbocycles. The van der Waals surface area contributed by atoms with Gasteiger partial charge in [-0.3, -0.25) is 4.79 Å². The van der Waals surface area contributed by atoms with Crippen LogP contribution >= 0.6 is 11.8 Å². The molecule has 0 aliphatic heterocycles. The first-order valence-electron chi connectivity index (χ1n) is 5.19. The van der Waals surface area contributed by atoms with Crippen LogP contribution in [0.15, 0.2) is 23.1 Å². The number of methoxy groups -OCH3 is 1. The van der Waals surface area contributed by atoms with Crippen LogP contribution in [0.3, 0.4) is 0 Å². The summed E-state index contributed by atoms with van der Waals surface area (Å²) >= 11 is 1.68. The number of carbonyl (C=O) groups is 1. The van der Waals surface area contributed by atoms with Gasteiger partial charge in [-0.25, -0.2) is 0 Å². The van der Waals surface area contributed by atoms with Crippen molar-refractivity contribution in [1.29, 1.82) is 0 Å². The van der Waals surface area contributed by atoms with Gasteiger partial charge in [0.25, 0.3) is 0 Å². The van der Waals surface area contributed by atoms with Gasteiger partial charge >= 0.3 is 5.97 Å². The van der Waals surface area contributed by atoms with Gasteiger partial charge in [0.1, 0.15) is 0 Å². The van der Waals surface area contributed by atoms with E-state index in [0.29, 0.717) is 6.42 Å². The van der Waals surface area contributed by atoms with Crippen molar-refractivity contribution >= 4 is 23.4 Å². The molecule has 0 radical (unpaired) electrons. The van der Waals surface area contributed by atoms with Crippen molar-refractivity contribution in [2.45, 2.75) is 24.7 Å². The van der Waals surface area contributed by atoms with Crippen LogP contribution in [0.2, 0.25) is 0 Å². The lowest BCUT2D eigenvalue weighted by Gasteiger charge is -2.05. The van der Waals surface area contributed by atoms with Gasteiger partial charge in [-0.2, -0.15) is 0 Å². The Labute approximate surface area is 100 Å². The minimum absolute atomic E-state index is 0.155. The maximum absolute atomic E-state index is 10.9. The van der Waals surface area contributed by atoms with E-state index in [4.69, 9.17) is 5.73 Å². The van der Waals surface area contributed by atoms with Gasteiger partial charge in [0, 0.05) is 17.0 Å². The lowest BCUT2D eigenvalue weighted by Crippen LogP contribution is -2.00. The molecule has 88 valence electrons. The minimum Gasteiger partial charge on any atom is -0.469 e. The second-order valence-electron chi connectivity index (χ2n) is 3.57. The topological polar surface area (TPSA) is 52.3 Å². The van der Waals surface area contributed by atoms with Crippen molar-refractivity contribution in [3.63, 3.8) is 0 Å². The summed E-state index contributed by atoms with van der Waals surface area (Å²) in [5.41, 5.74) is 7.85. The Morgan fingerprint density at radius 2 is 2.25 bits per heavy atom. The molecule has 0 bridgehead atoms. The van der Waals surface area contributed by atoms with Crippen molar-refractivity contribution in [2.75, 3.05) is 18.6 Å². The van der Waals surface area contributed by atoms with Crippen LogP contribution in [-0.4, -0.2) is 18.8 Å². The summed E-state index contributed by atoms with van der Waals surface area (Å²) in [6.45, 7) is 2.02. The Morgan fingerprint density at radius 3 is 2.88 bits per heavy atom. The van der Waals surface area contributed by atoms with Crippen molar-refractivity contribution in [3.05, 3.63) is 23.8 Å². The largest absolute Gasteiger partial charge is 0.469 e. The van der Waals surface area contributed by atoms with E-state index < -0.39 is 0 Å². The third-order valence-corrected chi connectivity index (χ3v) is 3.35. The fourth-order valence-corrected chi connectivity index (χ4v) is 2.20. The van der Waals surface area contributed by atoms with E-state index >= 15 is 0 Å². The molecule has 4 heteroatoms. The molecule has 1 aromatic carbocycles. The fraction of sp³-hybridized carbons (Fsp3) is 0.417. The van der Waals surface area contributed by atoms with Crippen LogP contribution in [0.1, 0.15) is 18.4 Å². The van der Waals surface area contributed by atoms with Gasteiger partial charge < -0.3 is 10.5 Å². The number of rotatable bonds is 5. The summed E-state index contributed by atoms with van der Waals surface area (Å²) < 4.78 is 4.57. The number of benzene rings is 1. The first-order valence-corrected chi connectivity index (χ1v) is 6.18. The Balaban J connectivity index is 2.35. The van der Waals surface area contributed by atoms with Crippen molar-refractivity contribution in [3.8, 4) is 0 Å². The van der Waals surface area contributed by atoms with E-state index in [0.717, 1.165) is 28.3 Å². The molecule has 0 atom stereocenters. The normalized spacial score (nSPS) is 10.1. The molecular weight excluding hydrogens is 222 g/mol. The molecular formula is C12H17NO2S. The first-order chi connectivity index (χ1) is 7.63. The van der Waals surface area contributed by atoms with Gasteiger partial charge in [-0.05, 0) is 36.8 Å². The fourth-order valence-electron chi connectivity index (χ4n) is 1.30. The first kappa shape index (κ1) is 12.9. The Bertz CT molecular complexity index is 366. The Morgan fingerprint density at radius 1 is 1.50 bits per heavy atom. The molecule has 0 amide bonds. The number of carbonyl (C=O) groups excluding carboxylic acids is 1. The van der Waals surface area contributed by atoms with E-state index in [9.17, 15) is 4.79 Å². The molecule has 0 unspecified atom stereocenters. The highest BCUT2D eigenvalue weighted by Crippen LogP contribution is 2.26. The van der Waals surface area contributed by atoms with Gasteiger partial charge in [-0.15, -0.1) is 11.8 Å². The standard InChI is InChI=1S/C12H17NO2S/c1-9-5-6-11(10(13)8-9)16-7-3-4-12(14)15-2/h5-6,8H,3-4,7,13H2,1-2H3.